The van der Waals surface area contributed by atoms with Gasteiger partial charge in [0.15, 0.2) is 0 Å². The molecule has 0 saturated heterocycles. The molecule has 4 aliphatic rings. The minimum Gasteiger partial charge on any atom is -0.345 e. The third kappa shape index (κ3) is 2.49. The van der Waals surface area contributed by atoms with Gasteiger partial charge in [-0.25, -0.2) is 4.98 Å². The Morgan fingerprint density at radius 2 is 1.88 bits per heavy atom. The van der Waals surface area contributed by atoms with Crippen LogP contribution in [0, 0.1) is 17.8 Å². The molecule has 0 aromatic carbocycles. The van der Waals surface area contributed by atoms with Gasteiger partial charge in [-0.3, -0.25) is 9.20 Å². The molecule has 0 aliphatic heterocycles. The maximum absolute atomic E-state index is 13.3. The van der Waals surface area contributed by atoms with E-state index in [1.807, 2.05) is 28.8 Å². The Kier molecular flexibility index (Phi) is 3.44. The number of nitrogens with one attached hydrogen (secondary N) is 1. The smallest absolute Gasteiger partial charge is 0.270 e. The highest BCUT2D eigenvalue weighted by Crippen LogP contribution is 2.55. The van der Waals surface area contributed by atoms with Crippen LogP contribution in [0.5, 0.6) is 0 Å². The molecule has 1 N–H and O–H groups in total. The first-order chi connectivity index (χ1) is 12.2. The predicted octanol–water partition coefficient (Wildman–Crippen LogP) is 3.99. The summed E-state index contributed by atoms with van der Waals surface area (Å²) in [7, 11) is 0. The molecule has 4 heteroatoms. The molecule has 4 saturated carbocycles. The third-order valence-electron chi connectivity index (χ3n) is 6.72. The molecule has 0 radical (unpaired) electrons. The fraction of sp³-hybridized carbons (Fsp3) is 0.619. The minimum atomic E-state index is 0.0499. The van der Waals surface area contributed by atoms with E-state index in [-0.39, 0.29) is 11.4 Å². The topological polar surface area (TPSA) is 46.4 Å². The Hall–Kier alpha value is -1.84. The molecule has 4 aliphatic carbocycles. The SMILES string of the molecule is CCCc1nc2ccccn2c1C(=O)NC12CC3CC(CC(C3)C1)C2. The highest BCUT2D eigenvalue weighted by atomic mass is 16.2. The molecule has 132 valence electrons. The van der Waals surface area contributed by atoms with E-state index in [1.54, 1.807) is 0 Å². The van der Waals surface area contributed by atoms with Crippen LogP contribution >= 0.6 is 0 Å². The van der Waals surface area contributed by atoms with Crippen LogP contribution < -0.4 is 5.32 Å². The van der Waals surface area contributed by atoms with Crippen molar-refractivity contribution in [2.75, 3.05) is 0 Å². The highest BCUT2D eigenvalue weighted by Gasteiger charge is 2.51. The molecule has 25 heavy (non-hydrogen) atoms. The zero-order valence-corrected chi connectivity index (χ0v) is 15.0. The molecule has 2 aromatic heterocycles. The van der Waals surface area contributed by atoms with Crippen molar-refractivity contribution in [1.82, 2.24) is 14.7 Å². The second kappa shape index (κ2) is 5.58. The van der Waals surface area contributed by atoms with Crippen LogP contribution in [-0.4, -0.2) is 20.8 Å². The van der Waals surface area contributed by atoms with Crippen molar-refractivity contribution < 1.29 is 4.79 Å². The number of carbonyl (C=O) groups excluding carboxylic acids is 1. The number of aryl methyl sites for hydroxylation is 1. The highest BCUT2D eigenvalue weighted by molar-refractivity contribution is 5.95. The number of hydrogen-bond acceptors (Lipinski definition) is 2. The molecule has 0 unspecified atom stereocenters. The lowest BCUT2D eigenvalue weighted by Crippen LogP contribution is -2.60. The molecule has 0 atom stereocenters. The molecule has 4 bridgehead atoms. The minimum absolute atomic E-state index is 0.0499. The number of hydrogen-bond donors (Lipinski definition) is 1. The van der Waals surface area contributed by atoms with Gasteiger partial charge in [-0.1, -0.05) is 19.4 Å². The maximum Gasteiger partial charge on any atom is 0.270 e. The maximum atomic E-state index is 13.3. The standard InChI is InChI=1S/C21H27N3O/c1-2-5-17-19(24-7-4-3-6-18(24)22-17)20(25)23-21-11-14-8-15(12-21)10-16(9-14)13-21/h3-4,6-7,14-16H,2,5,8-13H2,1H3,(H,23,25). The molecule has 4 nitrogen and oxygen atoms in total. The van der Waals surface area contributed by atoms with Gasteiger partial charge < -0.3 is 5.32 Å². The Balaban J connectivity index is 1.49. The summed E-state index contributed by atoms with van der Waals surface area (Å²) in [6.45, 7) is 2.14. The Labute approximate surface area is 149 Å². The van der Waals surface area contributed by atoms with E-state index in [4.69, 9.17) is 4.98 Å². The first kappa shape index (κ1) is 15.4. The number of pyridine rings is 1. The van der Waals surface area contributed by atoms with E-state index in [2.05, 4.69) is 12.2 Å². The van der Waals surface area contributed by atoms with Gasteiger partial charge in [-0.2, -0.15) is 0 Å². The quantitative estimate of drug-likeness (QED) is 0.917. The van der Waals surface area contributed by atoms with Crippen molar-refractivity contribution in [2.45, 2.75) is 63.8 Å². The van der Waals surface area contributed by atoms with Gasteiger partial charge in [0, 0.05) is 11.7 Å². The van der Waals surface area contributed by atoms with Gasteiger partial charge in [-0.05, 0) is 74.8 Å². The molecule has 6 rings (SSSR count). The van der Waals surface area contributed by atoms with E-state index in [9.17, 15) is 4.79 Å². The van der Waals surface area contributed by atoms with Crippen molar-refractivity contribution in [1.29, 1.82) is 0 Å². The summed E-state index contributed by atoms with van der Waals surface area (Å²) in [4.78, 5) is 18.0. The number of nitrogens with zero attached hydrogens (tertiary/aromatic N) is 2. The molecule has 2 heterocycles. The molecule has 4 fully saturated rings. The monoisotopic (exact) mass is 337 g/mol. The van der Waals surface area contributed by atoms with Crippen molar-refractivity contribution in [2.24, 2.45) is 17.8 Å². The predicted molar refractivity (Wildman–Crippen MR) is 97.6 cm³/mol. The number of fused-ring (bicyclic) bond motifs is 1. The van der Waals surface area contributed by atoms with Crippen LogP contribution in [0.2, 0.25) is 0 Å². The van der Waals surface area contributed by atoms with E-state index >= 15 is 0 Å². The van der Waals surface area contributed by atoms with Gasteiger partial charge >= 0.3 is 0 Å². The second-order valence-electron chi connectivity index (χ2n) is 8.74. The van der Waals surface area contributed by atoms with Crippen molar-refractivity contribution in [3.8, 4) is 0 Å². The number of amides is 1. The number of carbonyl (C=O) groups is 1. The molecular formula is C21H27N3O. The second-order valence-corrected chi connectivity index (χ2v) is 8.74. The van der Waals surface area contributed by atoms with Crippen LogP contribution in [0.15, 0.2) is 24.4 Å². The van der Waals surface area contributed by atoms with E-state index in [0.29, 0.717) is 0 Å². The van der Waals surface area contributed by atoms with Gasteiger partial charge in [0.25, 0.3) is 5.91 Å². The summed E-state index contributed by atoms with van der Waals surface area (Å²) in [6, 6.07) is 5.95. The number of aromatic nitrogens is 2. The summed E-state index contributed by atoms with van der Waals surface area (Å²) < 4.78 is 1.97. The molecule has 2 aromatic rings. The van der Waals surface area contributed by atoms with Crippen molar-refractivity contribution in [3.05, 3.63) is 35.8 Å². The van der Waals surface area contributed by atoms with Gasteiger partial charge in [-0.15, -0.1) is 0 Å². The Morgan fingerprint density at radius 1 is 1.20 bits per heavy atom. The van der Waals surface area contributed by atoms with Crippen LogP contribution in [-0.2, 0) is 6.42 Å². The first-order valence-corrected chi connectivity index (χ1v) is 9.94. The van der Waals surface area contributed by atoms with Crippen LogP contribution in [0.25, 0.3) is 5.65 Å². The average Bonchev–Trinajstić information content (AvgIpc) is 2.91. The van der Waals surface area contributed by atoms with E-state index < -0.39 is 0 Å². The summed E-state index contributed by atoms with van der Waals surface area (Å²) in [6.07, 6.45) is 11.6. The lowest BCUT2D eigenvalue weighted by Gasteiger charge is -2.56. The average molecular weight is 337 g/mol. The van der Waals surface area contributed by atoms with E-state index in [1.165, 1.54) is 38.5 Å². The van der Waals surface area contributed by atoms with E-state index in [0.717, 1.165) is 47.6 Å². The normalized spacial score (nSPS) is 33.1. The summed E-state index contributed by atoms with van der Waals surface area (Å²) >= 11 is 0. The largest absolute Gasteiger partial charge is 0.345 e. The Bertz CT molecular complexity index is 786. The Morgan fingerprint density at radius 3 is 2.52 bits per heavy atom. The lowest BCUT2D eigenvalue weighted by molar-refractivity contribution is -0.0168. The third-order valence-corrected chi connectivity index (χ3v) is 6.72. The fourth-order valence-corrected chi connectivity index (χ4v) is 6.26. The zero-order valence-electron chi connectivity index (χ0n) is 15.0. The van der Waals surface area contributed by atoms with Crippen molar-refractivity contribution in [3.63, 3.8) is 0 Å². The molecular weight excluding hydrogens is 310 g/mol. The van der Waals surface area contributed by atoms with Crippen LogP contribution in [0.1, 0.15) is 68.1 Å². The number of rotatable bonds is 4. The lowest BCUT2D eigenvalue weighted by atomic mass is 9.53. The van der Waals surface area contributed by atoms with Gasteiger partial charge in [0.2, 0.25) is 0 Å². The van der Waals surface area contributed by atoms with Crippen LogP contribution in [0.4, 0.5) is 0 Å². The van der Waals surface area contributed by atoms with Crippen LogP contribution in [0.3, 0.4) is 0 Å². The van der Waals surface area contributed by atoms with Crippen molar-refractivity contribution >= 4 is 11.6 Å². The van der Waals surface area contributed by atoms with Gasteiger partial charge in [0.05, 0.1) is 5.69 Å². The molecule has 0 spiro atoms. The fourth-order valence-electron chi connectivity index (χ4n) is 6.26. The zero-order chi connectivity index (χ0) is 17.0. The first-order valence-electron chi connectivity index (χ1n) is 9.94. The van der Waals surface area contributed by atoms with Gasteiger partial charge in [0.1, 0.15) is 11.3 Å². The number of imidazole rings is 1. The molecule has 1 amide bonds. The summed E-state index contributed by atoms with van der Waals surface area (Å²) in [5, 5.41) is 3.52. The summed E-state index contributed by atoms with van der Waals surface area (Å²) in [5.74, 6) is 2.60. The summed E-state index contributed by atoms with van der Waals surface area (Å²) in [5.41, 5.74) is 2.62.